The van der Waals surface area contributed by atoms with E-state index in [9.17, 15) is 0 Å². The first-order valence-electron chi connectivity index (χ1n) is 5.26. The van der Waals surface area contributed by atoms with Crippen LogP contribution in [0.15, 0.2) is 46.9 Å². The van der Waals surface area contributed by atoms with Gasteiger partial charge in [-0.2, -0.15) is 5.26 Å². The van der Waals surface area contributed by atoms with E-state index in [2.05, 4.69) is 22.0 Å². The van der Waals surface area contributed by atoms with Gasteiger partial charge in [-0.05, 0) is 35.9 Å². The molecule has 18 heavy (non-hydrogen) atoms. The largest absolute Gasteiger partial charge is 0.487 e. The summed E-state index contributed by atoms with van der Waals surface area (Å²) in [7, 11) is 0. The smallest absolute Gasteiger partial charge is 0.138 e. The maximum Gasteiger partial charge on any atom is 0.138 e. The molecule has 0 radical (unpaired) electrons. The van der Waals surface area contributed by atoms with Gasteiger partial charge in [0.25, 0.3) is 0 Å². The van der Waals surface area contributed by atoms with Crippen LogP contribution in [0, 0.1) is 11.3 Å². The molecule has 0 saturated heterocycles. The van der Waals surface area contributed by atoms with E-state index in [-0.39, 0.29) is 0 Å². The van der Waals surface area contributed by atoms with Gasteiger partial charge in [-0.15, -0.1) is 0 Å². The van der Waals surface area contributed by atoms with Crippen molar-refractivity contribution in [2.45, 2.75) is 6.61 Å². The number of benzene rings is 2. The molecule has 0 N–H and O–H groups in total. The summed E-state index contributed by atoms with van der Waals surface area (Å²) in [5.74, 6) is 0.627. The van der Waals surface area contributed by atoms with Crippen LogP contribution in [0.25, 0.3) is 0 Å². The van der Waals surface area contributed by atoms with Gasteiger partial charge in [0.15, 0.2) is 0 Å². The number of hydrogen-bond acceptors (Lipinski definition) is 2. The number of ether oxygens (including phenoxy) is 1. The first-order chi connectivity index (χ1) is 8.69. The molecule has 0 aliphatic heterocycles. The summed E-state index contributed by atoms with van der Waals surface area (Å²) >= 11 is 9.38. The average molecular weight is 323 g/mol. The van der Waals surface area contributed by atoms with Crippen molar-refractivity contribution in [3.05, 3.63) is 63.1 Å². The maximum atomic E-state index is 8.80. The number of hydrogen-bond donors (Lipinski definition) is 0. The Balaban J connectivity index is 2.09. The van der Waals surface area contributed by atoms with E-state index in [0.29, 0.717) is 22.9 Å². The predicted octanol–water partition coefficient (Wildman–Crippen LogP) is 4.55. The molecule has 2 rings (SSSR count). The number of nitrogens with zero attached hydrogens (tertiary/aromatic N) is 1. The van der Waals surface area contributed by atoms with Crippen molar-refractivity contribution in [2.24, 2.45) is 0 Å². The molecule has 2 aromatic rings. The number of rotatable bonds is 3. The highest BCUT2D eigenvalue weighted by molar-refractivity contribution is 9.10. The van der Waals surface area contributed by atoms with E-state index < -0.39 is 0 Å². The molecular formula is C14H9BrClNO. The standard InChI is InChI=1S/C14H9BrClNO/c15-12-4-5-14(13(16)7-12)18-9-11-3-1-2-10(6-11)8-17/h1-7H,9H2. The molecule has 0 aliphatic rings. The van der Waals surface area contributed by atoms with Crippen LogP contribution in [0.5, 0.6) is 5.75 Å². The Morgan fingerprint density at radius 1 is 1.22 bits per heavy atom. The minimum absolute atomic E-state index is 0.386. The lowest BCUT2D eigenvalue weighted by Gasteiger charge is -2.08. The van der Waals surface area contributed by atoms with Crippen LogP contribution in [0.3, 0.4) is 0 Å². The van der Waals surface area contributed by atoms with Crippen LogP contribution in [0.4, 0.5) is 0 Å². The fourth-order valence-corrected chi connectivity index (χ4v) is 2.21. The van der Waals surface area contributed by atoms with Crippen LogP contribution in [-0.2, 0) is 6.61 Å². The fourth-order valence-electron chi connectivity index (χ4n) is 1.48. The lowest BCUT2D eigenvalue weighted by molar-refractivity contribution is 0.306. The monoisotopic (exact) mass is 321 g/mol. The van der Waals surface area contributed by atoms with Gasteiger partial charge in [-0.1, -0.05) is 39.7 Å². The van der Waals surface area contributed by atoms with Crippen molar-refractivity contribution in [1.82, 2.24) is 0 Å². The van der Waals surface area contributed by atoms with Crippen molar-refractivity contribution in [1.29, 1.82) is 5.26 Å². The van der Waals surface area contributed by atoms with Crippen molar-refractivity contribution in [3.8, 4) is 11.8 Å². The van der Waals surface area contributed by atoms with Gasteiger partial charge in [-0.3, -0.25) is 0 Å². The lowest BCUT2D eigenvalue weighted by Crippen LogP contribution is -1.96. The van der Waals surface area contributed by atoms with Crippen LogP contribution in [-0.4, -0.2) is 0 Å². The zero-order valence-corrected chi connectivity index (χ0v) is 11.7. The highest BCUT2D eigenvalue weighted by atomic mass is 79.9. The molecule has 0 heterocycles. The van der Waals surface area contributed by atoms with Crippen LogP contribution >= 0.6 is 27.5 Å². The fraction of sp³-hybridized carbons (Fsp3) is 0.0714. The van der Waals surface area contributed by atoms with Crippen molar-refractivity contribution in [2.75, 3.05) is 0 Å². The van der Waals surface area contributed by atoms with Crippen LogP contribution < -0.4 is 4.74 Å². The molecule has 0 atom stereocenters. The summed E-state index contributed by atoms with van der Waals surface area (Å²) in [4.78, 5) is 0. The topological polar surface area (TPSA) is 33.0 Å². The summed E-state index contributed by atoms with van der Waals surface area (Å²) in [6, 6.07) is 14.9. The molecule has 0 amide bonds. The molecule has 0 spiro atoms. The van der Waals surface area contributed by atoms with E-state index in [1.165, 1.54) is 0 Å². The number of nitriles is 1. The summed E-state index contributed by atoms with van der Waals surface area (Å²) in [6.45, 7) is 0.386. The summed E-state index contributed by atoms with van der Waals surface area (Å²) in [5.41, 5.74) is 1.56. The zero-order valence-electron chi connectivity index (χ0n) is 9.36. The second-order valence-corrected chi connectivity index (χ2v) is 5.00. The van der Waals surface area contributed by atoms with E-state index >= 15 is 0 Å². The quantitative estimate of drug-likeness (QED) is 0.830. The summed E-state index contributed by atoms with van der Waals surface area (Å²) < 4.78 is 6.52. The van der Waals surface area contributed by atoms with Crippen molar-refractivity contribution >= 4 is 27.5 Å². The van der Waals surface area contributed by atoms with E-state index in [1.54, 1.807) is 24.3 Å². The number of halogens is 2. The molecule has 0 bridgehead atoms. The third-order valence-electron chi connectivity index (χ3n) is 2.34. The van der Waals surface area contributed by atoms with Gasteiger partial charge < -0.3 is 4.74 Å². The lowest BCUT2D eigenvalue weighted by atomic mass is 10.1. The summed E-state index contributed by atoms with van der Waals surface area (Å²) in [5, 5.41) is 9.36. The second kappa shape index (κ2) is 5.90. The molecular weight excluding hydrogens is 314 g/mol. The minimum Gasteiger partial charge on any atom is -0.487 e. The van der Waals surface area contributed by atoms with E-state index in [0.717, 1.165) is 10.0 Å². The first-order valence-corrected chi connectivity index (χ1v) is 6.43. The Kier molecular flexibility index (Phi) is 4.24. The molecule has 2 nitrogen and oxygen atoms in total. The Morgan fingerprint density at radius 2 is 2.06 bits per heavy atom. The first kappa shape index (κ1) is 12.9. The van der Waals surface area contributed by atoms with Gasteiger partial charge in [0.1, 0.15) is 12.4 Å². The molecule has 0 unspecified atom stereocenters. The SMILES string of the molecule is N#Cc1cccc(COc2ccc(Br)cc2Cl)c1. The van der Waals surface area contributed by atoms with Gasteiger partial charge in [0, 0.05) is 4.47 Å². The van der Waals surface area contributed by atoms with E-state index in [4.69, 9.17) is 21.6 Å². The molecule has 4 heteroatoms. The molecule has 0 aromatic heterocycles. The van der Waals surface area contributed by atoms with Crippen molar-refractivity contribution < 1.29 is 4.74 Å². The normalized spacial score (nSPS) is 9.83. The third-order valence-corrected chi connectivity index (χ3v) is 3.13. The second-order valence-electron chi connectivity index (χ2n) is 3.68. The van der Waals surface area contributed by atoms with Crippen LogP contribution in [0.2, 0.25) is 5.02 Å². The Bertz CT molecular complexity index is 607. The van der Waals surface area contributed by atoms with Gasteiger partial charge >= 0.3 is 0 Å². The summed E-state index contributed by atoms with van der Waals surface area (Å²) in [6.07, 6.45) is 0. The molecule has 0 saturated carbocycles. The van der Waals surface area contributed by atoms with Crippen LogP contribution in [0.1, 0.15) is 11.1 Å². The van der Waals surface area contributed by atoms with Gasteiger partial charge in [0.2, 0.25) is 0 Å². The predicted molar refractivity (Wildman–Crippen MR) is 74.6 cm³/mol. The molecule has 90 valence electrons. The Morgan fingerprint density at radius 3 is 2.78 bits per heavy atom. The highest BCUT2D eigenvalue weighted by Gasteiger charge is 2.03. The zero-order chi connectivity index (χ0) is 13.0. The van der Waals surface area contributed by atoms with Crippen molar-refractivity contribution in [3.63, 3.8) is 0 Å². The van der Waals surface area contributed by atoms with Gasteiger partial charge in [0.05, 0.1) is 16.7 Å². The highest BCUT2D eigenvalue weighted by Crippen LogP contribution is 2.28. The molecule has 0 aliphatic carbocycles. The van der Waals surface area contributed by atoms with E-state index in [1.807, 2.05) is 18.2 Å². The molecule has 2 aromatic carbocycles. The molecule has 0 fully saturated rings. The Labute approximate surface area is 119 Å². The maximum absolute atomic E-state index is 8.80. The Hall–Kier alpha value is -1.50. The minimum atomic E-state index is 0.386. The third kappa shape index (κ3) is 3.25. The van der Waals surface area contributed by atoms with Gasteiger partial charge in [-0.25, -0.2) is 0 Å². The average Bonchev–Trinajstić information content (AvgIpc) is 2.38.